The van der Waals surface area contributed by atoms with Crippen LogP contribution < -0.4 is 20.5 Å². The first-order valence-corrected chi connectivity index (χ1v) is 15.3. The van der Waals surface area contributed by atoms with Crippen LogP contribution in [0.3, 0.4) is 0 Å². The Morgan fingerprint density at radius 1 is 1.05 bits per heavy atom. The zero-order valence-corrected chi connectivity index (χ0v) is 25.3. The highest BCUT2D eigenvalue weighted by molar-refractivity contribution is 7.99. The Kier molecular flexibility index (Phi) is 8.96. The van der Waals surface area contributed by atoms with Crippen molar-refractivity contribution < 1.29 is 23.9 Å². The number of fused-ring (bicyclic) bond motifs is 1. The Morgan fingerprint density at radius 2 is 1.74 bits per heavy atom. The van der Waals surface area contributed by atoms with E-state index in [0.29, 0.717) is 24.3 Å². The summed E-state index contributed by atoms with van der Waals surface area (Å²) < 4.78 is 11.4. The second-order valence-corrected chi connectivity index (χ2v) is 12.1. The Morgan fingerprint density at radius 3 is 2.44 bits per heavy atom. The molecule has 5 rings (SSSR count). The predicted molar refractivity (Wildman–Crippen MR) is 168 cm³/mol. The lowest BCUT2D eigenvalue weighted by atomic mass is 9.99. The van der Waals surface area contributed by atoms with Gasteiger partial charge in [0.2, 0.25) is 11.8 Å². The van der Waals surface area contributed by atoms with Crippen LogP contribution in [-0.4, -0.2) is 64.4 Å². The van der Waals surface area contributed by atoms with Gasteiger partial charge in [0.25, 0.3) is 5.91 Å². The molecule has 1 aliphatic rings. The summed E-state index contributed by atoms with van der Waals surface area (Å²) >= 11 is 1.80. The molecule has 224 valence electrons. The third-order valence-corrected chi connectivity index (χ3v) is 8.70. The van der Waals surface area contributed by atoms with Crippen molar-refractivity contribution in [2.24, 2.45) is 5.73 Å². The first-order valence-electron chi connectivity index (χ1n) is 14.1. The molecule has 1 fully saturated rings. The molecule has 9 nitrogen and oxygen atoms in total. The Bertz CT molecular complexity index is 1600. The normalized spacial score (nSPS) is 16.0. The summed E-state index contributed by atoms with van der Waals surface area (Å²) in [6.07, 6.45) is 2.20. The van der Waals surface area contributed by atoms with E-state index in [1.807, 2.05) is 59.6 Å². The van der Waals surface area contributed by atoms with Gasteiger partial charge in [-0.05, 0) is 67.4 Å². The number of primary amides is 1. The SMILES string of the molecule is COc1ccc(C2CSCCN2C(=O)C(Cc2c[nH]c3ccccc23)NC(=O)C(C)(C)Oc2ccc(C(N)=O)cc2)cc1. The molecule has 10 heteroatoms. The first-order chi connectivity index (χ1) is 20.7. The van der Waals surface area contributed by atoms with Crippen molar-refractivity contribution in [3.8, 4) is 11.5 Å². The molecule has 4 aromatic rings. The number of aromatic nitrogens is 1. The standard InChI is InChI=1S/C33H36N4O5S/c1-33(2,42-25-14-10-22(11-15-25)30(34)38)32(40)36-28(18-23-19-35-27-7-5-4-6-26(23)27)31(39)37-16-17-43-20-29(37)21-8-12-24(41-3)13-9-21/h4-15,19,28-29,35H,16-18,20H2,1-3H3,(H2,34,38)(H,36,40). The van der Waals surface area contributed by atoms with Gasteiger partial charge in [-0.2, -0.15) is 11.8 Å². The molecule has 2 heterocycles. The van der Waals surface area contributed by atoms with Crippen LogP contribution in [0.25, 0.3) is 10.9 Å². The number of aromatic amines is 1. The number of benzene rings is 3. The molecule has 0 aliphatic carbocycles. The number of hydrogen-bond acceptors (Lipinski definition) is 6. The molecule has 0 radical (unpaired) electrons. The lowest BCUT2D eigenvalue weighted by molar-refractivity contribution is -0.142. The summed E-state index contributed by atoms with van der Waals surface area (Å²) in [5, 5.41) is 4.03. The second-order valence-electron chi connectivity index (χ2n) is 11.0. The minimum Gasteiger partial charge on any atom is -0.497 e. The molecule has 0 saturated carbocycles. The van der Waals surface area contributed by atoms with Crippen molar-refractivity contribution in [1.82, 2.24) is 15.2 Å². The molecular formula is C33H36N4O5S. The summed E-state index contributed by atoms with van der Waals surface area (Å²) in [7, 11) is 1.63. The van der Waals surface area contributed by atoms with Gasteiger partial charge in [-0.15, -0.1) is 0 Å². The largest absolute Gasteiger partial charge is 0.497 e. The van der Waals surface area contributed by atoms with Crippen molar-refractivity contribution >= 4 is 40.4 Å². The van der Waals surface area contributed by atoms with Crippen molar-refractivity contribution in [1.29, 1.82) is 0 Å². The topological polar surface area (TPSA) is 127 Å². The highest BCUT2D eigenvalue weighted by Crippen LogP contribution is 2.32. The highest BCUT2D eigenvalue weighted by Gasteiger charge is 2.38. The number of methoxy groups -OCH3 is 1. The Labute approximate surface area is 255 Å². The van der Waals surface area contributed by atoms with Gasteiger partial charge < -0.3 is 30.4 Å². The van der Waals surface area contributed by atoms with Crippen LogP contribution in [0.1, 0.15) is 41.4 Å². The van der Waals surface area contributed by atoms with Crippen LogP contribution in [0, 0.1) is 0 Å². The number of carbonyl (C=O) groups is 3. The monoisotopic (exact) mass is 600 g/mol. The lowest BCUT2D eigenvalue weighted by Crippen LogP contribution is -2.57. The zero-order chi connectivity index (χ0) is 30.6. The van der Waals surface area contributed by atoms with Gasteiger partial charge in [0, 0.05) is 47.1 Å². The summed E-state index contributed by atoms with van der Waals surface area (Å²) in [5.74, 6) is 1.58. The molecule has 2 atom stereocenters. The number of H-pyrrole nitrogens is 1. The summed E-state index contributed by atoms with van der Waals surface area (Å²) in [4.78, 5) is 44.7. The predicted octanol–water partition coefficient (Wildman–Crippen LogP) is 4.48. The minimum atomic E-state index is -1.32. The van der Waals surface area contributed by atoms with E-state index in [0.717, 1.165) is 39.3 Å². The van der Waals surface area contributed by atoms with Crippen LogP contribution in [-0.2, 0) is 16.0 Å². The number of para-hydroxylation sites is 1. The quantitative estimate of drug-likeness (QED) is 0.247. The van der Waals surface area contributed by atoms with E-state index < -0.39 is 23.5 Å². The fraction of sp³-hybridized carbons (Fsp3) is 0.303. The average Bonchev–Trinajstić information content (AvgIpc) is 3.43. The van der Waals surface area contributed by atoms with Crippen LogP contribution in [0.2, 0.25) is 0 Å². The second kappa shape index (κ2) is 12.8. The fourth-order valence-electron chi connectivity index (χ4n) is 5.25. The zero-order valence-electron chi connectivity index (χ0n) is 24.5. The molecule has 0 spiro atoms. The third-order valence-electron chi connectivity index (χ3n) is 7.67. The van der Waals surface area contributed by atoms with Crippen LogP contribution in [0.5, 0.6) is 11.5 Å². The van der Waals surface area contributed by atoms with Gasteiger partial charge in [-0.3, -0.25) is 14.4 Å². The van der Waals surface area contributed by atoms with Crippen molar-refractivity contribution in [2.75, 3.05) is 25.2 Å². The first kappa shape index (κ1) is 30.0. The molecule has 43 heavy (non-hydrogen) atoms. The van der Waals surface area contributed by atoms with Crippen molar-refractivity contribution in [3.05, 3.63) is 95.7 Å². The van der Waals surface area contributed by atoms with Crippen LogP contribution in [0.15, 0.2) is 79.0 Å². The number of amides is 3. The maximum atomic E-state index is 14.4. The fourth-order valence-corrected chi connectivity index (χ4v) is 6.34. The molecule has 1 aliphatic heterocycles. The molecule has 3 amide bonds. The number of thioether (sulfide) groups is 1. The maximum absolute atomic E-state index is 14.4. The Hall–Kier alpha value is -4.44. The summed E-state index contributed by atoms with van der Waals surface area (Å²) in [6, 6.07) is 21.0. The van der Waals surface area contributed by atoms with E-state index in [2.05, 4.69) is 10.3 Å². The minimum absolute atomic E-state index is 0.146. The molecule has 3 aromatic carbocycles. The highest BCUT2D eigenvalue weighted by atomic mass is 32.2. The van der Waals surface area contributed by atoms with Crippen LogP contribution >= 0.6 is 11.8 Å². The van der Waals surface area contributed by atoms with E-state index in [1.165, 1.54) is 0 Å². The maximum Gasteiger partial charge on any atom is 0.264 e. The lowest BCUT2D eigenvalue weighted by Gasteiger charge is -2.38. The average molecular weight is 601 g/mol. The van der Waals surface area contributed by atoms with E-state index in [1.54, 1.807) is 57.0 Å². The van der Waals surface area contributed by atoms with E-state index >= 15 is 0 Å². The van der Waals surface area contributed by atoms with Gasteiger partial charge in [0.15, 0.2) is 5.60 Å². The molecular weight excluding hydrogens is 564 g/mol. The van der Waals surface area contributed by atoms with Crippen molar-refractivity contribution in [2.45, 2.75) is 38.0 Å². The number of nitrogens with two attached hydrogens (primary N) is 1. The molecule has 4 N–H and O–H groups in total. The van der Waals surface area contributed by atoms with Gasteiger partial charge in [-0.25, -0.2) is 0 Å². The number of rotatable bonds is 10. The number of ether oxygens (including phenoxy) is 2. The summed E-state index contributed by atoms with van der Waals surface area (Å²) in [6.45, 7) is 3.86. The van der Waals surface area contributed by atoms with Crippen LogP contribution in [0.4, 0.5) is 0 Å². The van der Waals surface area contributed by atoms with Gasteiger partial charge in [-0.1, -0.05) is 30.3 Å². The third kappa shape index (κ3) is 6.80. The van der Waals surface area contributed by atoms with E-state index in [4.69, 9.17) is 15.2 Å². The smallest absolute Gasteiger partial charge is 0.264 e. The molecule has 1 saturated heterocycles. The molecule has 1 aromatic heterocycles. The molecule has 0 bridgehead atoms. The molecule has 2 unspecified atom stereocenters. The number of nitrogens with one attached hydrogen (secondary N) is 2. The van der Waals surface area contributed by atoms with Gasteiger partial charge in [0.1, 0.15) is 17.5 Å². The van der Waals surface area contributed by atoms with Gasteiger partial charge in [0.05, 0.1) is 13.2 Å². The number of hydrogen-bond donors (Lipinski definition) is 3. The van der Waals surface area contributed by atoms with Gasteiger partial charge >= 0.3 is 0 Å². The van der Waals surface area contributed by atoms with Crippen molar-refractivity contribution in [3.63, 3.8) is 0 Å². The summed E-state index contributed by atoms with van der Waals surface area (Å²) in [5.41, 5.74) is 7.27. The number of nitrogens with zero attached hydrogens (tertiary/aromatic N) is 1. The number of carbonyl (C=O) groups excluding carboxylic acids is 3. The Balaban J connectivity index is 1.41. The van der Waals surface area contributed by atoms with E-state index in [-0.39, 0.29) is 11.9 Å². The van der Waals surface area contributed by atoms with E-state index in [9.17, 15) is 14.4 Å².